The molecule has 5 nitrogen and oxygen atoms in total. The number of ether oxygens (including phenoxy) is 2. The first-order valence-electron chi connectivity index (χ1n) is 10.1. The Morgan fingerprint density at radius 1 is 1.07 bits per heavy atom. The number of nitrogens with one attached hydrogen (secondary N) is 1. The van der Waals surface area contributed by atoms with Gasteiger partial charge in [-0.25, -0.2) is 0 Å². The molecule has 1 N–H and O–H groups in total. The van der Waals surface area contributed by atoms with Gasteiger partial charge in [-0.2, -0.15) is 0 Å². The molecule has 2 aromatic rings. The number of hydrogen-bond donors (Lipinski definition) is 1. The van der Waals surface area contributed by atoms with Gasteiger partial charge in [-0.05, 0) is 55.6 Å². The summed E-state index contributed by atoms with van der Waals surface area (Å²) in [6.07, 6.45) is 2.62. The normalized spacial score (nSPS) is 15.2. The first kappa shape index (κ1) is 20.2. The predicted molar refractivity (Wildman–Crippen MR) is 111 cm³/mol. The molecule has 1 atom stereocenters. The molecule has 3 rings (SSSR count). The Kier molecular flexibility index (Phi) is 7.31. The summed E-state index contributed by atoms with van der Waals surface area (Å²) in [7, 11) is 1.61. The number of benzene rings is 2. The van der Waals surface area contributed by atoms with Crippen LogP contribution in [0, 0.1) is 0 Å². The first-order valence-corrected chi connectivity index (χ1v) is 10.1. The lowest BCUT2D eigenvalue weighted by Gasteiger charge is -2.20. The fraction of sp³-hybridized carbons (Fsp3) is 0.435. The van der Waals surface area contributed by atoms with Crippen LogP contribution in [-0.2, 0) is 17.9 Å². The molecule has 1 saturated heterocycles. The van der Waals surface area contributed by atoms with Crippen molar-refractivity contribution in [3.8, 4) is 11.5 Å². The number of hydrogen-bond acceptors (Lipinski definition) is 4. The molecular formula is C23H30N2O3. The summed E-state index contributed by atoms with van der Waals surface area (Å²) >= 11 is 0. The van der Waals surface area contributed by atoms with Crippen molar-refractivity contribution in [2.75, 3.05) is 20.2 Å². The number of rotatable bonds is 9. The van der Waals surface area contributed by atoms with Crippen LogP contribution >= 0.6 is 0 Å². The Hall–Kier alpha value is -2.53. The third-order valence-electron chi connectivity index (χ3n) is 5.15. The van der Waals surface area contributed by atoms with Gasteiger partial charge in [0.05, 0.1) is 7.11 Å². The number of carbonyl (C=O) groups is 1. The third-order valence-corrected chi connectivity index (χ3v) is 5.15. The lowest BCUT2D eigenvalue weighted by atomic mass is 10.1. The van der Waals surface area contributed by atoms with Crippen molar-refractivity contribution in [2.45, 2.75) is 45.4 Å². The van der Waals surface area contributed by atoms with E-state index in [-0.39, 0.29) is 5.91 Å². The minimum absolute atomic E-state index is 0.0960. The molecule has 5 heteroatoms. The lowest BCUT2D eigenvalue weighted by Crippen LogP contribution is -2.37. The molecule has 1 unspecified atom stereocenters. The monoisotopic (exact) mass is 382 g/mol. The number of amides is 1. The highest BCUT2D eigenvalue weighted by Gasteiger charge is 2.19. The van der Waals surface area contributed by atoms with E-state index in [1.165, 1.54) is 24.0 Å². The smallest absolute Gasteiger partial charge is 0.261 e. The quantitative estimate of drug-likeness (QED) is 0.717. The van der Waals surface area contributed by atoms with E-state index < -0.39 is 6.10 Å². The summed E-state index contributed by atoms with van der Waals surface area (Å²) in [5, 5.41) is 3.05. The van der Waals surface area contributed by atoms with Gasteiger partial charge in [-0.15, -0.1) is 0 Å². The zero-order valence-electron chi connectivity index (χ0n) is 16.8. The van der Waals surface area contributed by atoms with Crippen molar-refractivity contribution in [3.05, 3.63) is 59.7 Å². The third kappa shape index (κ3) is 5.49. The van der Waals surface area contributed by atoms with Crippen LogP contribution in [0.1, 0.15) is 37.3 Å². The van der Waals surface area contributed by atoms with Crippen LogP contribution < -0.4 is 14.8 Å². The fourth-order valence-electron chi connectivity index (χ4n) is 3.52. The van der Waals surface area contributed by atoms with Gasteiger partial charge in [0.15, 0.2) is 6.10 Å². The topological polar surface area (TPSA) is 50.8 Å². The zero-order chi connectivity index (χ0) is 19.8. The Balaban J connectivity index is 1.59. The van der Waals surface area contributed by atoms with Crippen LogP contribution in [0.25, 0.3) is 0 Å². The second-order valence-electron chi connectivity index (χ2n) is 7.16. The number of likely N-dealkylation sites (tertiary alicyclic amines) is 1. The van der Waals surface area contributed by atoms with Crippen LogP contribution in [0.5, 0.6) is 11.5 Å². The molecule has 1 amide bonds. The highest BCUT2D eigenvalue weighted by molar-refractivity contribution is 5.81. The van der Waals surface area contributed by atoms with Gasteiger partial charge in [0.2, 0.25) is 0 Å². The Labute approximate surface area is 167 Å². The van der Waals surface area contributed by atoms with Gasteiger partial charge in [0.25, 0.3) is 5.91 Å². The molecule has 0 spiro atoms. The molecule has 1 heterocycles. The van der Waals surface area contributed by atoms with E-state index in [1.807, 2.05) is 31.2 Å². The van der Waals surface area contributed by atoms with Gasteiger partial charge >= 0.3 is 0 Å². The van der Waals surface area contributed by atoms with Gasteiger partial charge in [-0.3, -0.25) is 9.69 Å². The molecular weight excluding hydrogens is 352 g/mol. The van der Waals surface area contributed by atoms with E-state index >= 15 is 0 Å². The van der Waals surface area contributed by atoms with E-state index in [1.54, 1.807) is 13.2 Å². The molecule has 0 aromatic heterocycles. The zero-order valence-corrected chi connectivity index (χ0v) is 16.8. The number of carbonyl (C=O) groups excluding carboxylic acids is 1. The maximum atomic E-state index is 12.7. The van der Waals surface area contributed by atoms with E-state index in [9.17, 15) is 4.79 Å². The minimum Gasteiger partial charge on any atom is -0.497 e. The molecule has 150 valence electrons. The average molecular weight is 383 g/mol. The molecule has 0 bridgehead atoms. The van der Waals surface area contributed by atoms with Crippen molar-refractivity contribution in [2.24, 2.45) is 0 Å². The molecule has 0 saturated carbocycles. The van der Waals surface area contributed by atoms with Crippen molar-refractivity contribution in [1.82, 2.24) is 10.2 Å². The van der Waals surface area contributed by atoms with E-state index in [0.717, 1.165) is 19.6 Å². The fourth-order valence-corrected chi connectivity index (χ4v) is 3.52. The second-order valence-corrected chi connectivity index (χ2v) is 7.16. The van der Waals surface area contributed by atoms with E-state index in [2.05, 4.69) is 28.4 Å². The highest BCUT2D eigenvalue weighted by atomic mass is 16.5. The SMILES string of the molecule is CCC(Oc1cccc(OC)c1)C(=O)NCc1ccccc1CN1CCCC1. The Bertz CT molecular complexity index is 772. The number of nitrogens with zero attached hydrogens (tertiary/aromatic N) is 1. The highest BCUT2D eigenvalue weighted by Crippen LogP contribution is 2.21. The predicted octanol–water partition coefficient (Wildman–Crippen LogP) is 3.76. The van der Waals surface area contributed by atoms with Crippen molar-refractivity contribution >= 4 is 5.91 Å². The lowest BCUT2D eigenvalue weighted by molar-refractivity contribution is -0.128. The van der Waals surface area contributed by atoms with Crippen molar-refractivity contribution in [3.63, 3.8) is 0 Å². The van der Waals surface area contributed by atoms with Gasteiger partial charge in [-0.1, -0.05) is 37.3 Å². The van der Waals surface area contributed by atoms with Crippen molar-refractivity contribution in [1.29, 1.82) is 0 Å². The van der Waals surface area contributed by atoms with Gasteiger partial charge in [0, 0.05) is 19.2 Å². The van der Waals surface area contributed by atoms with Crippen LogP contribution in [0.3, 0.4) is 0 Å². The van der Waals surface area contributed by atoms with E-state index in [4.69, 9.17) is 9.47 Å². The molecule has 0 radical (unpaired) electrons. The summed E-state index contributed by atoms with van der Waals surface area (Å²) in [4.78, 5) is 15.2. The van der Waals surface area contributed by atoms with Crippen LogP contribution in [0.4, 0.5) is 0 Å². The standard InChI is InChI=1S/C23H30N2O3/c1-3-22(28-21-12-8-11-20(15-21)27-2)23(26)24-16-18-9-4-5-10-19(18)17-25-13-6-7-14-25/h4-5,8-12,15,22H,3,6-7,13-14,16-17H2,1-2H3,(H,24,26). The van der Waals surface area contributed by atoms with Crippen LogP contribution in [0.2, 0.25) is 0 Å². The van der Waals surface area contributed by atoms with Gasteiger partial charge in [0.1, 0.15) is 11.5 Å². The summed E-state index contributed by atoms with van der Waals surface area (Å²) in [6, 6.07) is 15.7. The van der Waals surface area contributed by atoms with Gasteiger partial charge < -0.3 is 14.8 Å². The average Bonchev–Trinajstić information content (AvgIpc) is 3.24. The summed E-state index contributed by atoms with van der Waals surface area (Å²) in [5.41, 5.74) is 2.45. The van der Waals surface area contributed by atoms with Crippen molar-refractivity contribution < 1.29 is 14.3 Å². The van der Waals surface area contributed by atoms with Crippen LogP contribution in [-0.4, -0.2) is 37.1 Å². The minimum atomic E-state index is -0.530. The van der Waals surface area contributed by atoms with E-state index in [0.29, 0.717) is 24.5 Å². The summed E-state index contributed by atoms with van der Waals surface area (Å²) in [5.74, 6) is 1.25. The molecule has 2 aromatic carbocycles. The molecule has 1 aliphatic rings. The molecule has 1 aliphatic heterocycles. The molecule has 28 heavy (non-hydrogen) atoms. The second kappa shape index (κ2) is 10.1. The first-order chi connectivity index (χ1) is 13.7. The molecule has 0 aliphatic carbocycles. The maximum absolute atomic E-state index is 12.7. The number of methoxy groups -OCH3 is 1. The maximum Gasteiger partial charge on any atom is 0.261 e. The Morgan fingerprint density at radius 3 is 2.50 bits per heavy atom. The summed E-state index contributed by atoms with van der Waals surface area (Å²) < 4.78 is 11.1. The van der Waals surface area contributed by atoms with Crippen LogP contribution in [0.15, 0.2) is 48.5 Å². The molecule has 1 fully saturated rings. The summed E-state index contributed by atoms with van der Waals surface area (Å²) in [6.45, 7) is 5.73. The Morgan fingerprint density at radius 2 is 1.79 bits per heavy atom. The largest absolute Gasteiger partial charge is 0.497 e.